The first kappa shape index (κ1) is 16.7. The molecule has 0 N–H and O–H groups in total. The maximum atomic E-state index is 13.5. The van der Waals surface area contributed by atoms with Gasteiger partial charge in [-0.1, -0.05) is 0 Å². The summed E-state index contributed by atoms with van der Waals surface area (Å²) in [6.07, 6.45) is -1.78. The van der Waals surface area contributed by atoms with Gasteiger partial charge in [-0.2, -0.15) is 13.2 Å². The van der Waals surface area contributed by atoms with Gasteiger partial charge in [0.15, 0.2) is 0 Å². The molecule has 1 aliphatic heterocycles. The van der Waals surface area contributed by atoms with Gasteiger partial charge in [0, 0.05) is 36.3 Å². The van der Waals surface area contributed by atoms with Crippen LogP contribution in [0.4, 0.5) is 23.2 Å². The smallest absolute Gasteiger partial charge is 0.418 e. The van der Waals surface area contributed by atoms with Crippen LogP contribution >= 0.6 is 0 Å². The summed E-state index contributed by atoms with van der Waals surface area (Å²) in [7, 11) is 1.53. The average molecular weight is 365 g/mol. The number of methoxy groups -OCH3 is 1. The second-order valence-corrected chi connectivity index (χ2v) is 6.23. The Labute approximate surface area is 146 Å². The molecule has 26 heavy (non-hydrogen) atoms. The zero-order valence-electron chi connectivity index (χ0n) is 13.8. The molecule has 1 aliphatic rings. The highest BCUT2D eigenvalue weighted by Gasteiger charge is 2.37. The first-order chi connectivity index (χ1) is 12.4. The Morgan fingerprint density at radius 3 is 2.54 bits per heavy atom. The van der Waals surface area contributed by atoms with Crippen LogP contribution < -0.4 is 9.64 Å². The normalized spacial score (nSPS) is 15.3. The lowest BCUT2D eigenvalue weighted by Gasteiger charge is -2.42. The molecule has 0 radical (unpaired) electrons. The fourth-order valence-corrected chi connectivity index (χ4v) is 3.28. The van der Waals surface area contributed by atoms with Crippen LogP contribution in [0.2, 0.25) is 0 Å². The predicted molar refractivity (Wildman–Crippen MR) is 88.9 cm³/mol. The van der Waals surface area contributed by atoms with Crippen molar-refractivity contribution in [3.8, 4) is 5.88 Å². The molecular weight excluding hydrogens is 350 g/mol. The van der Waals surface area contributed by atoms with Gasteiger partial charge in [-0.05, 0) is 24.3 Å². The molecule has 3 aromatic rings. The minimum atomic E-state index is -4.53. The molecule has 1 fully saturated rings. The molecule has 0 unspecified atom stereocenters. The van der Waals surface area contributed by atoms with Crippen molar-refractivity contribution in [2.75, 3.05) is 25.1 Å². The Kier molecular flexibility index (Phi) is 3.78. The highest BCUT2D eigenvalue weighted by atomic mass is 19.4. The van der Waals surface area contributed by atoms with Crippen molar-refractivity contribution in [2.24, 2.45) is 0 Å². The quantitative estimate of drug-likeness (QED) is 0.650. The third-order valence-corrected chi connectivity index (χ3v) is 4.65. The van der Waals surface area contributed by atoms with Crippen molar-refractivity contribution < 1.29 is 22.3 Å². The van der Waals surface area contributed by atoms with E-state index in [1.807, 2.05) is 11.0 Å². The van der Waals surface area contributed by atoms with Crippen LogP contribution in [0.5, 0.6) is 5.88 Å². The number of ether oxygens (including phenoxy) is 1. The zero-order chi connectivity index (χ0) is 18.5. The lowest BCUT2D eigenvalue weighted by Crippen LogP contribution is -2.47. The number of fused-ring (bicyclic) bond motifs is 1. The molecule has 3 heterocycles. The average Bonchev–Trinajstić information content (AvgIpc) is 2.93. The summed E-state index contributed by atoms with van der Waals surface area (Å²) in [5.74, 6) is -0.181. The maximum absolute atomic E-state index is 13.5. The topological polar surface area (TPSA) is 30.3 Å². The molecule has 0 aliphatic carbocycles. The van der Waals surface area contributed by atoms with Crippen molar-refractivity contribution >= 4 is 16.6 Å². The fraction of sp³-hybridized carbons (Fsp3) is 0.278. The van der Waals surface area contributed by atoms with Crippen LogP contribution in [-0.4, -0.2) is 29.8 Å². The van der Waals surface area contributed by atoms with Gasteiger partial charge in [0.25, 0.3) is 0 Å². The van der Waals surface area contributed by atoms with Gasteiger partial charge in [0.1, 0.15) is 5.82 Å². The van der Waals surface area contributed by atoms with Crippen LogP contribution in [0.3, 0.4) is 0 Å². The van der Waals surface area contributed by atoms with E-state index in [0.29, 0.717) is 24.5 Å². The van der Waals surface area contributed by atoms with E-state index in [4.69, 9.17) is 4.74 Å². The summed E-state index contributed by atoms with van der Waals surface area (Å²) >= 11 is 0. The molecular formula is C18H15F4N3O. The molecule has 0 atom stereocenters. The molecule has 0 bridgehead atoms. The number of anilines is 1. The Morgan fingerprint density at radius 2 is 1.92 bits per heavy atom. The van der Waals surface area contributed by atoms with Crippen LogP contribution in [0, 0.1) is 5.82 Å². The van der Waals surface area contributed by atoms with Gasteiger partial charge in [-0.3, -0.25) is 0 Å². The number of hydrogen-bond acceptors (Lipinski definition) is 3. The van der Waals surface area contributed by atoms with Crippen molar-refractivity contribution in [3.05, 3.63) is 54.1 Å². The summed E-state index contributed by atoms with van der Waals surface area (Å²) in [5.41, 5.74) is 0.452. The molecule has 2 aromatic heterocycles. The lowest BCUT2D eigenvalue weighted by molar-refractivity contribution is -0.136. The second kappa shape index (κ2) is 5.89. The van der Waals surface area contributed by atoms with E-state index in [2.05, 4.69) is 4.98 Å². The molecule has 1 aromatic carbocycles. The standard InChI is InChI=1S/C18H15F4N3O/c1-26-17-5-3-12(7-23-17)24-8-13(9-24)25-10-15(18(20,21)22)14-6-11(19)2-4-16(14)25/h2-7,10,13H,8-9H2,1H3. The van der Waals surface area contributed by atoms with E-state index < -0.39 is 17.6 Å². The Balaban J connectivity index is 1.62. The molecule has 0 spiro atoms. The predicted octanol–water partition coefficient (Wildman–Crippen LogP) is 4.26. The van der Waals surface area contributed by atoms with Gasteiger partial charge in [0.2, 0.25) is 5.88 Å². The van der Waals surface area contributed by atoms with Crippen molar-refractivity contribution in [2.45, 2.75) is 12.2 Å². The lowest BCUT2D eigenvalue weighted by atomic mass is 10.1. The van der Waals surface area contributed by atoms with Gasteiger partial charge in [-0.25, -0.2) is 9.37 Å². The number of alkyl halides is 3. The SMILES string of the molecule is COc1ccc(N2CC(n3cc(C(F)(F)F)c4cc(F)ccc43)C2)cn1. The summed E-state index contributed by atoms with van der Waals surface area (Å²) in [5, 5.41) is -0.109. The number of benzene rings is 1. The number of nitrogens with zero attached hydrogens (tertiary/aromatic N) is 3. The third-order valence-electron chi connectivity index (χ3n) is 4.65. The molecule has 4 rings (SSSR count). The number of aromatic nitrogens is 2. The van der Waals surface area contributed by atoms with E-state index in [-0.39, 0.29) is 11.4 Å². The summed E-state index contributed by atoms with van der Waals surface area (Å²) in [4.78, 5) is 6.15. The summed E-state index contributed by atoms with van der Waals surface area (Å²) in [6, 6.07) is 6.99. The zero-order valence-corrected chi connectivity index (χ0v) is 13.8. The number of hydrogen-bond donors (Lipinski definition) is 0. The number of pyridine rings is 1. The Hall–Kier alpha value is -2.77. The molecule has 0 amide bonds. The molecule has 136 valence electrons. The van der Waals surface area contributed by atoms with Gasteiger partial charge < -0.3 is 14.2 Å². The molecule has 0 saturated carbocycles. The Morgan fingerprint density at radius 1 is 1.15 bits per heavy atom. The minimum absolute atomic E-state index is 0.109. The van der Waals surface area contributed by atoms with Crippen molar-refractivity contribution in [1.29, 1.82) is 0 Å². The number of rotatable bonds is 3. The van der Waals surface area contributed by atoms with Crippen LogP contribution in [0.25, 0.3) is 10.9 Å². The van der Waals surface area contributed by atoms with Crippen LogP contribution in [0.15, 0.2) is 42.7 Å². The van der Waals surface area contributed by atoms with Crippen LogP contribution in [0.1, 0.15) is 11.6 Å². The largest absolute Gasteiger partial charge is 0.481 e. The Bertz CT molecular complexity index is 943. The van der Waals surface area contributed by atoms with Gasteiger partial charge in [-0.15, -0.1) is 0 Å². The van der Waals surface area contributed by atoms with E-state index >= 15 is 0 Å². The summed E-state index contributed by atoms with van der Waals surface area (Å²) < 4.78 is 59.9. The van der Waals surface area contributed by atoms with Gasteiger partial charge >= 0.3 is 6.18 Å². The molecule has 4 nitrogen and oxygen atoms in total. The monoisotopic (exact) mass is 365 g/mol. The first-order valence-electron chi connectivity index (χ1n) is 7.99. The van der Waals surface area contributed by atoms with E-state index in [0.717, 1.165) is 18.0 Å². The third kappa shape index (κ3) is 2.75. The summed E-state index contributed by atoms with van der Waals surface area (Å²) in [6.45, 7) is 1.10. The highest BCUT2D eigenvalue weighted by Crippen LogP contribution is 2.39. The van der Waals surface area contributed by atoms with E-state index in [1.165, 1.54) is 19.2 Å². The second-order valence-electron chi connectivity index (χ2n) is 6.23. The van der Waals surface area contributed by atoms with E-state index in [1.54, 1.807) is 16.8 Å². The van der Waals surface area contributed by atoms with Crippen LogP contribution in [-0.2, 0) is 6.18 Å². The molecule has 1 saturated heterocycles. The van der Waals surface area contributed by atoms with Gasteiger partial charge in [0.05, 0.1) is 30.6 Å². The van der Waals surface area contributed by atoms with Crippen molar-refractivity contribution in [1.82, 2.24) is 9.55 Å². The van der Waals surface area contributed by atoms with E-state index in [9.17, 15) is 17.6 Å². The maximum Gasteiger partial charge on any atom is 0.418 e. The minimum Gasteiger partial charge on any atom is -0.481 e. The fourth-order valence-electron chi connectivity index (χ4n) is 3.28. The number of halogens is 4. The molecule has 8 heteroatoms. The highest BCUT2D eigenvalue weighted by molar-refractivity contribution is 5.85. The van der Waals surface area contributed by atoms with Crippen molar-refractivity contribution in [3.63, 3.8) is 0 Å². The first-order valence-corrected chi connectivity index (χ1v) is 7.99.